The van der Waals surface area contributed by atoms with Crippen molar-refractivity contribution in [2.45, 2.75) is 71.1 Å². The highest BCUT2D eigenvalue weighted by Gasteiger charge is 2.38. The third-order valence-electron chi connectivity index (χ3n) is 7.03. The van der Waals surface area contributed by atoms with E-state index in [2.05, 4.69) is 60.4 Å². The molecule has 0 radical (unpaired) electrons. The predicted molar refractivity (Wildman–Crippen MR) is 140 cm³/mol. The third-order valence-corrected chi connectivity index (χ3v) is 12.1. The van der Waals surface area contributed by atoms with Crippen LogP contribution in [-0.2, 0) is 11.0 Å². The molecule has 0 amide bonds. The largest absolute Gasteiger partial charge is 0.618 e. The Labute approximate surface area is 208 Å². The Bertz CT molecular complexity index is 928. The number of fused-ring (bicyclic) bond motifs is 2. The number of methoxy groups -OCH3 is 1. The summed E-state index contributed by atoms with van der Waals surface area (Å²) < 4.78 is 21.2. The summed E-state index contributed by atoms with van der Waals surface area (Å²) in [6.45, 7) is 13.3. The highest BCUT2D eigenvalue weighted by molar-refractivity contribution is 9.09. The van der Waals surface area contributed by atoms with Gasteiger partial charge in [-0.2, -0.15) is 4.74 Å². The van der Waals surface area contributed by atoms with E-state index in [0.717, 1.165) is 47.1 Å². The molecule has 184 valence electrons. The number of hydrogen-bond acceptors (Lipinski definition) is 4. The van der Waals surface area contributed by atoms with Gasteiger partial charge in [0.05, 0.1) is 32.4 Å². The Hall–Kier alpha value is -1.51. The minimum Gasteiger partial charge on any atom is -0.618 e. The van der Waals surface area contributed by atoms with Gasteiger partial charge in [-0.15, -0.1) is 0 Å². The average Bonchev–Trinajstić information content (AvgIpc) is 3.00. The van der Waals surface area contributed by atoms with Crippen molar-refractivity contribution in [3.8, 4) is 11.5 Å². The zero-order chi connectivity index (χ0) is 24.2. The normalized spacial score (nSPS) is 18.5. The lowest BCUT2D eigenvalue weighted by atomic mass is 9.91. The van der Waals surface area contributed by atoms with Crippen molar-refractivity contribution in [3.63, 3.8) is 0 Å². The van der Waals surface area contributed by atoms with E-state index in [-0.39, 0.29) is 11.0 Å². The summed E-state index contributed by atoms with van der Waals surface area (Å²) in [6.07, 6.45) is 11.7. The molecular weight excluding hydrogens is 500 g/mol. The quantitative estimate of drug-likeness (QED) is 0.116. The number of aromatic nitrogens is 1. The van der Waals surface area contributed by atoms with Crippen molar-refractivity contribution in [1.29, 1.82) is 0 Å². The van der Waals surface area contributed by atoms with Crippen molar-refractivity contribution in [1.82, 2.24) is 4.57 Å². The van der Waals surface area contributed by atoms with E-state index < -0.39 is 8.32 Å². The third kappa shape index (κ3) is 6.14. The first-order chi connectivity index (χ1) is 15.6. The molecule has 0 spiro atoms. The molecule has 33 heavy (non-hydrogen) atoms. The van der Waals surface area contributed by atoms with Crippen LogP contribution in [-0.4, -0.2) is 49.5 Å². The summed E-state index contributed by atoms with van der Waals surface area (Å²) in [6, 6.07) is 0. The first-order valence-electron chi connectivity index (χ1n) is 11.9. The molecule has 1 atom stereocenters. The molecule has 0 fully saturated rings. The van der Waals surface area contributed by atoms with Gasteiger partial charge in [0.15, 0.2) is 31.2 Å². The van der Waals surface area contributed by atoms with Gasteiger partial charge < -0.3 is 23.7 Å². The van der Waals surface area contributed by atoms with E-state index in [4.69, 9.17) is 13.9 Å². The number of rotatable bonds is 10. The van der Waals surface area contributed by atoms with Crippen LogP contribution in [0.25, 0.3) is 0 Å². The molecule has 8 heteroatoms. The van der Waals surface area contributed by atoms with Crippen molar-refractivity contribution in [2.24, 2.45) is 5.92 Å². The van der Waals surface area contributed by atoms with Gasteiger partial charge in [0, 0.05) is 18.0 Å². The highest BCUT2D eigenvalue weighted by atomic mass is 79.9. The summed E-state index contributed by atoms with van der Waals surface area (Å²) in [4.78, 5) is 0. The van der Waals surface area contributed by atoms with E-state index in [9.17, 15) is 5.21 Å². The fourth-order valence-electron chi connectivity index (χ4n) is 3.93. The van der Waals surface area contributed by atoms with Crippen molar-refractivity contribution in [2.75, 3.05) is 25.7 Å². The van der Waals surface area contributed by atoms with Crippen LogP contribution in [0, 0.1) is 11.1 Å². The van der Waals surface area contributed by atoms with Crippen molar-refractivity contribution < 1.29 is 18.6 Å². The molecule has 1 aromatic rings. The van der Waals surface area contributed by atoms with E-state index in [1.807, 2.05) is 12.3 Å². The Kier molecular flexibility index (Phi) is 8.56. The fourth-order valence-corrected chi connectivity index (χ4v) is 5.31. The second-order valence-corrected chi connectivity index (χ2v) is 16.1. The minimum absolute atomic E-state index is 0.0897. The van der Waals surface area contributed by atoms with Gasteiger partial charge in [0.25, 0.3) is 0 Å². The Balaban J connectivity index is 1.74. The second-order valence-electron chi connectivity index (χ2n) is 10.5. The number of alkyl halides is 1. The molecule has 0 saturated carbocycles. The first kappa shape index (κ1) is 26.1. The molecule has 0 aromatic carbocycles. The van der Waals surface area contributed by atoms with Gasteiger partial charge in [-0.1, -0.05) is 42.8 Å². The van der Waals surface area contributed by atoms with Crippen LogP contribution >= 0.6 is 15.9 Å². The summed E-state index contributed by atoms with van der Waals surface area (Å²) >= 11 is 3.46. The lowest BCUT2D eigenvalue weighted by molar-refractivity contribution is -0.404. The maximum Gasteiger partial charge on any atom is 0.208 e. The number of nitrogens with zero attached hydrogens (tertiary/aromatic N) is 2. The molecule has 0 bridgehead atoms. The van der Waals surface area contributed by atoms with E-state index in [0.29, 0.717) is 31.3 Å². The Morgan fingerprint density at radius 3 is 2.64 bits per heavy atom. The number of ether oxygens (including phenoxy) is 2. The number of halogens is 1. The van der Waals surface area contributed by atoms with E-state index in [1.54, 1.807) is 13.3 Å². The van der Waals surface area contributed by atoms with Crippen LogP contribution in [0.1, 0.15) is 52.1 Å². The Morgan fingerprint density at radius 1 is 1.21 bits per heavy atom. The lowest BCUT2D eigenvalue weighted by Gasteiger charge is -2.36. The SMILES string of the molecule is COc1c(OCCCCCBr)cn2c1C=[N+]([O-])C1=CC=C(CO[Si](C)(C)C(C)(C)C)C[C@H]1C2. The van der Waals surface area contributed by atoms with Crippen LogP contribution < -0.4 is 9.47 Å². The van der Waals surface area contributed by atoms with Crippen LogP contribution in [0.3, 0.4) is 0 Å². The van der Waals surface area contributed by atoms with E-state index >= 15 is 0 Å². The highest BCUT2D eigenvalue weighted by Crippen LogP contribution is 2.39. The van der Waals surface area contributed by atoms with Gasteiger partial charge in [-0.25, -0.2) is 0 Å². The van der Waals surface area contributed by atoms with Crippen LogP contribution in [0.2, 0.25) is 18.1 Å². The summed E-state index contributed by atoms with van der Waals surface area (Å²) in [5.74, 6) is 1.42. The molecule has 0 unspecified atom stereocenters. The van der Waals surface area contributed by atoms with Gasteiger partial charge in [0.2, 0.25) is 6.21 Å². The van der Waals surface area contributed by atoms with Crippen LogP contribution in [0.4, 0.5) is 0 Å². The van der Waals surface area contributed by atoms with Crippen molar-refractivity contribution >= 4 is 30.5 Å². The molecule has 2 aliphatic rings. The number of allylic oxidation sites excluding steroid dienone is 3. The molecule has 0 N–H and O–H groups in total. The molecule has 1 aliphatic carbocycles. The van der Waals surface area contributed by atoms with Gasteiger partial charge in [-0.3, -0.25) is 0 Å². The predicted octanol–water partition coefficient (Wildman–Crippen LogP) is 6.24. The van der Waals surface area contributed by atoms with E-state index in [1.165, 1.54) is 5.57 Å². The van der Waals surface area contributed by atoms with Gasteiger partial charge >= 0.3 is 0 Å². The zero-order valence-corrected chi connectivity index (χ0v) is 23.5. The molecule has 1 aliphatic heterocycles. The maximum absolute atomic E-state index is 13.0. The fraction of sp³-hybridized carbons (Fsp3) is 0.640. The number of unbranched alkanes of at least 4 members (excludes halogenated alkanes) is 2. The second kappa shape index (κ2) is 10.8. The van der Waals surface area contributed by atoms with Crippen LogP contribution in [0.5, 0.6) is 11.5 Å². The maximum atomic E-state index is 13.0. The summed E-state index contributed by atoms with van der Waals surface area (Å²) in [7, 11) is -0.194. The molecule has 2 heterocycles. The summed E-state index contributed by atoms with van der Waals surface area (Å²) in [5, 5.41) is 14.2. The minimum atomic E-state index is -1.82. The monoisotopic (exact) mass is 538 g/mol. The molecule has 6 nitrogen and oxygen atoms in total. The van der Waals surface area contributed by atoms with Crippen molar-refractivity contribution in [3.05, 3.63) is 40.5 Å². The first-order valence-corrected chi connectivity index (χ1v) is 15.9. The zero-order valence-electron chi connectivity index (χ0n) is 20.9. The molecule has 3 rings (SSSR count). The Morgan fingerprint density at radius 2 is 1.97 bits per heavy atom. The summed E-state index contributed by atoms with van der Waals surface area (Å²) in [5.41, 5.74) is 2.79. The lowest BCUT2D eigenvalue weighted by Crippen LogP contribution is -2.41. The average molecular weight is 540 g/mol. The molecular formula is C25H39BrN2O4Si. The topological polar surface area (TPSA) is 58.7 Å². The number of hydrogen-bond donors (Lipinski definition) is 0. The van der Waals surface area contributed by atoms with Gasteiger partial charge in [-0.05, 0) is 49.4 Å². The smallest absolute Gasteiger partial charge is 0.208 e. The van der Waals surface area contributed by atoms with Crippen LogP contribution in [0.15, 0.2) is 29.6 Å². The molecule has 1 aromatic heterocycles. The number of hydroxylamine groups is 1. The van der Waals surface area contributed by atoms with Gasteiger partial charge in [0.1, 0.15) is 0 Å². The molecule has 0 saturated heterocycles. The standard InChI is InChI=1S/C25H39BrN2O4Si/c1-25(2,3)33(5,6)32-18-19-10-11-21-20(14-19)15-27-17-23(31-13-9-7-8-12-26)24(30-4)22(27)16-28(21)29/h10-11,16-17,20H,7-9,12-15,18H2,1-6H3/t20-/m0/s1.